The van der Waals surface area contributed by atoms with E-state index in [1.54, 1.807) is 7.11 Å². The molecule has 6 heteroatoms. The summed E-state index contributed by atoms with van der Waals surface area (Å²) < 4.78 is 5.21. The largest absolute Gasteiger partial charge is 0.496 e. The summed E-state index contributed by atoms with van der Waals surface area (Å²) in [6.07, 6.45) is -0.0770. The number of para-hydroxylation sites is 1. The summed E-state index contributed by atoms with van der Waals surface area (Å²) in [7, 11) is 1.59. The molecule has 3 N–H and O–H groups in total. The Morgan fingerprint density at radius 2 is 2.20 bits per heavy atom. The van der Waals surface area contributed by atoms with Crippen LogP contribution in [-0.2, 0) is 11.2 Å². The number of amides is 1. The topological polar surface area (TPSA) is 70.6 Å². The smallest absolute Gasteiger partial charge is 0.224 e. The molecule has 0 saturated carbocycles. The van der Waals surface area contributed by atoms with Crippen molar-refractivity contribution in [2.45, 2.75) is 12.5 Å². The molecule has 0 radical (unpaired) electrons. The fraction of sp³-hybridized carbons (Fsp3) is 0.500. The van der Waals surface area contributed by atoms with Crippen LogP contribution in [0.1, 0.15) is 5.56 Å². The third kappa shape index (κ3) is 4.37. The molecule has 0 bridgehead atoms. The molecule has 1 fully saturated rings. The van der Waals surface area contributed by atoms with E-state index in [-0.39, 0.29) is 30.3 Å². The van der Waals surface area contributed by atoms with Crippen molar-refractivity contribution >= 4 is 18.3 Å². The Morgan fingerprint density at radius 3 is 2.85 bits per heavy atom. The Bertz CT molecular complexity index is 442. The second-order valence-corrected chi connectivity index (χ2v) is 4.78. The molecule has 5 nitrogen and oxygen atoms in total. The molecule has 1 aromatic carbocycles. The molecule has 1 amide bonds. The van der Waals surface area contributed by atoms with Gasteiger partial charge in [-0.2, -0.15) is 0 Å². The van der Waals surface area contributed by atoms with Crippen molar-refractivity contribution in [3.8, 4) is 5.75 Å². The first-order valence-corrected chi connectivity index (χ1v) is 6.48. The van der Waals surface area contributed by atoms with Crippen molar-refractivity contribution in [2.75, 3.05) is 26.7 Å². The van der Waals surface area contributed by atoms with Gasteiger partial charge in [0.2, 0.25) is 5.91 Å². The maximum atomic E-state index is 11.9. The maximum absolute atomic E-state index is 11.9. The van der Waals surface area contributed by atoms with Crippen LogP contribution in [0.4, 0.5) is 0 Å². The summed E-state index contributed by atoms with van der Waals surface area (Å²) in [6.45, 7) is 1.85. The number of hydrogen-bond donors (Lipinski definition) is 3. The van der Waals surface area contributed by atoms with E-state index >= 15 is 0 Å². The van der Waals surface area contributed by atoms with Gasteiger partial charge >= 0.3 is 0 Å². The highest BCUT2D eigenvalue weighted by atomic mass is 35.5. The second-order valence-electron chi connectivity index (χ2n) is 4.78. The van der Waals surface area contributed by atoms with Crippen LogP contribution < -0.4 is 15.4 Å². The van der Waals surface area contributed by atoms with Gasteiger partial charge in [0.05, 0.1) is 19.6 Å². The Morgan fingerprint density at radius 1 is 1.45 bits per heavy atom. The van der Waals surface area contributed by atoms with Crippen LogP contribution in [0.25, 0.3) is 0 Å². The summed E-state index contributed by atoms with van der Waals surface area (Å²) in [6, 6.07) is 7.48. The predicted octanol–water partition coefficient (Wildman–Crippen LogP) is 0.356. The molecule has 0 aliphatic carbocycles. The van der Waals surface area contributed by atoms with Crippen molar-refractivity contribution in [1.82, 2.24) is 10.6 Å². The van der Waals surface area contributed by atoms with E-state index in [1.165, 1.54) is 0 Å². The number of β-amino-alcohol motifs (C(OH)–C–C–N with tert-alkyl or cyclic N) is 1. The number of methoxy groups -OCH3 is 1. The molecule has 2 atom stereocenters. The van der Waals surface area contributed by atoms with Crippen LogP contribution >= 0.6 is 12.4 Å². The van der Waals surface area contributed by atoms with E-state index in [0.29, 0.717) is 19.5 Å². The van der Waals surface area contributed by atoms with Gasteiger partial charge in [0, 0.05) is 31.1 Å². The molecule has 0 aromatic heterocycles. The number of benzene rings is 1. The number of aliphatic hydroxyl groups is 1. The van der Waals surface area contributed by atoms with Crippen LogP contribution in [0.2, 0.25) is 0 Å². The van der Waals surface area contributed by atoms with E-state index in [1.807, 2.05) is 24.3 Å². The molecule has 0 spiro atoms. The lowest BCUT2D eigenvalue weighted by molar-refractivity contribution is -0.120. The Balaban J connectivity index is 0.00000200. The highest BCUT2D eigenvalue weighted by Gasteiger charge is 2.25. The number of carbonyl (C=O) groups is 1. The molecular formula is C14H21ClN2O3. The number of rotatable bonds is 5. The molecule has 1 saturated heterocycles. The van der Waals surface area contributed by atoms with Gasteiger partial charge in [-0.05, 0) is 6.07 Å². The van der Waals surface area contributed by atoms with Crippen LogP contribution in [0.5, 0.6) is 5.75 Å². The van der Waals surface area contributed by atoms with Crippen molar-refractivity contribution in [1.29, 1.82) is 0 Å². The maximum Gasteiger partial charge on any atom is 0.224 e. The van der Waals surface area contributed by atoms with E-state index in [0.717, 1.165) is 17.9 Å². The zero-order valence-electron chi connectivity index (χ0n) is 11.5. The van der Waals surface area contributed by atoms with Crippen LogP contribution in [0.15, 0.2) is 24.3 Å². The lowest BCUT2D eigenvalue weighted by Crippen LogP contribution is -2.35. The van der Waals surface area contributed by atoms with Crippen molar-refractivity contribution < 1.29 is 14.6 Å². The normalized spacial score (nSPS) is 21.1. The highest BCUT2D eigenvalue weighted by Crippen LogP contribution is 2.17. The van der Waals surface area contributed by atoms with Crippen molar-refractivity contribution in [3.63, 3.8) is 0 Å². The van der Waals surface area contributed by atoms with Crippen LogP contribution in [0, 0.1) is 5.92 Å². The zero-order valence-corrected chi connectivity index (χ0v) is 12.3. The van der Waals surface area contributed by atoms with E-state index in [9.17, 15) is 9.90 Å². The number of ether oxygens (including phenoxy) is 1. The van der Waals surface area contributed by atoms with Crippen molar-refractivity contribution in [3.05, 3.63) is 29.8 Å². The number of carbonyl (C=O) groups excluding carboxylic acids is 1. The van der Waals surface area contributed by atoms with Gasteiger partial charge in [-0.1, -0.05) is 18.2 Å². The van der Waals surface area contributed by atoms with Gasteiger partial charge < -0.3 is 20.5 Å². The fourth-order valence-corrected chi connectivity index (χ4v) is 2.26. The number of halogens is 1. The lowest BCUT2D eigenvalue weighted by atomic mass is 10.1. The monoisotopic (exact) mass is 300 g/mol. The van der Waals surface area contributed by atoms with Gasteiger partial charge in [0.15, 0.2) is 0 Å². The molecule has 1 aromatic rings. The second kappa shape index (κ2) is 8.09. The first-order valence-electron chi connectivity index (χ1n) is 6.48. The molecule has 2 rings (SSSR count). The summed E-state index contributed by atoms with van der Waals surface area (Å²) in [5.41, 5.74) is 0.868. The van der Waals surface area contributed by atoms with Gasteiger partial charge in [-0.3, -0.25) is 4.79 Å². The average Bonchev–Trinajstić information content (AvgIpc) is 2.82. The summed E-state index contributed by atoms with van der Waals surface area (Å²) in [5.74, 6) is 0.769. The predicted molar refractivity (Wildman–Crippen MR) is 79.3 cm³/mol. The summed E-state index contributed by atoms with van der Waals surface area (Å²) in [5, 5.41) is 15.6. The molecule has 112 valence electrons. The number of aliphatic hydroxyl groups excluding tert-OH is 1. The number of nitrogens with one attached hydrogen (secondary N) is 2. The molecule has 1 heterocycles. The Kier molecular flexibility index (Phi) is 6.78. The quantitative estimate of drug-likeness (QED) is 0.734. The van der Waals surface area contributed by atoms with Crippen molar-refractivity contribution in [2.24, 2.45) is 5.92 Å². The summed E-state index contributed by atoms with van der Waals surface area (Å²) in [4.78, 5) is 11.9. The minimum absolute atomic E-state index is 0. The molecule has 1 aliphatic rings. The first kappa shape index (κ1) is 16.8. The standard InChI is InChI=1S/C14H20N2O3.ClH/c1-19-13-5-3-2-4-10(13)6-14(18)16-8-11-7-15-9-12(11)17;/h2-5,11-12,15,17H,6-9H2,1H3,(H,16,18);1H. The average molecular weight is 301 g/mol. The van der Waals surface area contributed by atoms with E-state index in [2.05, 4.69) is 10.6 Å². The van der Waals surface area contributed by atoms with Gasteiger partial charge in [0.1, 0.15) is 5.75 Å². The lowest BCUT2D eigenvalue weighted by Gasteiger charge is -2.14. The van der Waals surface area contributed by atoms with Gasteiger partial charge in [-0.15, -0.1) is 12.4 Å². The summed E-state index contributed by atoms with van der Waals surface area (Å²) >= 11 is 0. The van der Waals surface area contributed by atoms with Gasteiger partial charge in [-0.25, -0.2) is 0 Å². The zero-order chi connectivity index (χ0) is 13.7. The number of hydrogen-bond acceptors (Lipinski definition) is 4. The third-order valence-corrected chi connectivity index (χ3v) is 3.41. The Labute approximate surface area is 125 Å². The van der Waals surface area contributed by atoms with Crippen LogP contribution in [-0.4, -0.2) is 43.9 Å². The SMILES string of the molecule is COc1ccccc1CC(=O)NCC1CNCC1O.Cl. The third-order valence-electron chi connectivity index (χ3n) is 3.41. The molecule has 2 unspecified atom stereocenters. The van der Waals surface area contributed by atoms with E-state index < -0.39 is 0 Å². The Hall–Kier alpha value is -1.30. The first-order chi connectivity index (χ1) is 9.20. The van der Waals surface area contributed by atoms with Crippen LogP contribution in [0.3, 0.4) is 0 Å². The van der Waals surface area contributed by atoms with E-state index in [4.69, 9.17) is 4.74 Å². The minimum Gasteiger partial charge on any atom is -0.496 e. The molecular weight excluding hydrogens is 280 g/mol. The van der Waals surface area contributed by atoms with Gasteiger partial charge in [0.25, 0.3) is 0 Å². The molecule has 20 heavy (non-hydrogen) atoms. The fourth-order valence-electron chi connectivity index (χ4n) is 2.26. The molecule has 1 aliphatic heterocycles. The minimum atomic E-state index is -0.369. The highest BCUT2D eigenvalue weighted by molar-refractivity contribution is 5.85.